The van der Waals surface area contributed by atoms with Crippen LogP contribution in [0.2, 0.25) is 0 Å². The van der Waals surface area contributed by atoms with Crippen LogP contribution in [0, 0.1) is 19.8 Å². The predicted octanol–water partition coefficient (Wildman–Crippen LogP) is 5.86. The molecule has 0 saturated heterocycles. The zero-order chi connectivity index (χ0) is 24.5. The van der Waals surface area contributed by atoms with Gasteiger partial charge in [-0.15, -0.1) is 11.3 Å². The van der Waals surface area contributed by atoms with Crippen molar-refractivity contribution in [3.63, 3.8) is 0 Å². The van der Waals surface area contributed by atoms with Gasteiger partial charge in [0.1, 0.15) is 29.6 Å². The fourth-order valence-electron chi connectivity index (χ4n) is 4.75. The zero-order valence-electron chi connectivity index (χ0n) is 20.6. The zero-order valence-corrected chi connectivity index (χ0v) is 21.4. The Balaban J connectivity index is 1.33. The van der Waals surface area contributed by atoms with Gasteiger partial charge in [0.15, 0.2) is 11.5 Å². The summed E-state index contributed by atoms with van der Waals surface area (Å²) < 4.78 is 17.3. The summed E-state index contributed by atoms with van der Waals surface area (Å²) >= 11 is 1.65. The van der Waals surface area contributed by atoms with E-state index in [2.05, 4.69) is 31.8 Å². The number of aromatic amines is 1. The van der Waals surface area contributed by atoms with E-state index in [9.17, 15) is 4.79 Å². The molecule has 35 heavy (non-hydrogen) atoms. The fourth-order valence-corrected chi connectivity index (χ4v) is 6.13. The first-order valence-electron chi connectivity index (χ1n) is 12.0. The molecule has 0 saturated carbocycles. The molecule has 6 nitrogen and oxygen atoms in total. The van der Waals surface area contributed by atoms with Crippen LogP contribution in [0.25, 0.3) is 21.6 Å². The van der Waals surface area contributed by atoms with Gasteiger partial charge in [-0.25, -0.2) is 4.98 Å². The minimum Gasteiger partial charge on any atom is -0.493 e. The lowest BCUT2D eigenvalue weighted by Gasteiger charge is -2.17. The standard InChI is InChI=1S/C28H30N2O4S/c1-16-5-7-21-24(14-16)35-28-25(21)27(31)29-26(30-28)19-6-8-22(23(15-19)32-4)34-10-9-33-20-12-17(2)11-18(3)13-20/h6,8,11-13,15-16H,5,7,9-10,14H2,1-4H3,(H,29,30,31). The number of aryl methyl sites for hydroxylation is 3. The number of nitrogens with one attached hydrogen (secondary N) is 1. The van der Waals surface area contributed by atoms with E-state index < -0.39 is 0 Å². The third-order valence-electron chi connectivity index (χ3n) is 6.41. The molecule has 2 aromatic carbocycles. The van der Waals surface area contributed by atoms with Crippen molar-refractivity contribution in [2.24, 2.45) is 5.92 Å². The largest absolute Gasteiger partial charge is 0.493 e. The van der Waals surface area contributed by atoms with Gasteiger partial charge in [-0.3, -0.25) is 4.79 Å². The highest BCUT2D eigenvalue weighted by atomic mass is 32.1. The number of fused-ring (bicyclic) bond motifs is 3. The number of hydrogen-bond acceptors (Lipinski definition) is 6. The average molecular weight is 491 g/mol. The maximum Gasteiger partial charge on any atom is 0.260 e. The molecule has 182 valence electrons. The van der Waals surface area contributed by atoms with Crippen LogP contribution in [0.3, 0.4) is 0 Å². The van der Waals surface area contributed by atoms with E-state index in [4.69, 9.17) is 19.2 Å². The SMILES string of the molecule is COc1cc(-c2nc3sc4c(c3c(=O)[nH]2)CCC(C)C4)ccc1OCCOc1cc(C)cc(C)c1. The molecule has 0 spiro atoms. The number of hydrogen-bond donors (Lipinski definition) is 1. The van der Waals surface area contributed by atoms with Crippen molar-refractivity contribution < 1.29 is 14.2 Å². The highest BCUT2D eigenvalue weighted by Crippen LogP contribution is 2.37. The quantitative estimate of drug-likeness (QED) is 0.329. The Labute approximate surface area is 208 Å². The lowest BCUT2D eigenvalue weighted by atomic mass is 9.89. The first-order valence-corrected chi connectivity index (χ1v) is 12.8. The Hall–Kier alpha value is -3.32. The van der Waals surface area contributed by atoms with E-state index in [0.29, 0.717) is 36.5 Å². The van der Waals surface area contributed by atoms with E-state index >= 15 is 0 Å². The van der Waals surface area contributed by atoms with Crippen LogP contribution in [0.5, 0.6) is 17.2 Å². The summed E-state index contributed by atoms with van der Waals surface area (Å²) in [4.78, 5) is 22.9. The fraction of sp³-hybridized carbons (Fsp3) is 0.357. The minimum absolute atomic E-state index is 0.0696. The monoisotopic (exact) mass is 490 g/mol. The molecule has 1 aliphatic carbocycles. The summed E-state index contributed by atoms with van der Waals surface area (Å²) in [7, 11) is 1.60. The molecule has 5 rings (SSSR count). The van der Waals surface area contributed by atoms with Gasteiger partial charge in [0.05, 0.1) is 12.5 Å². The topological polar surface area (TPSA) is 73.4 Å². The van der Waals surface area contributed by atoms with Gasteiger partial charge in [-0.1, -0.05) is 13.0 Å². The van der Waals surface area contributed by atoms with Gasteiger partial charge >= 0.3 is 0 Å². The van der Waals surface area contributed by atoms with Gasteiger partial charge < -0.3 is 19.2 Å². The second-order valence-corrected chi connectivity index (χ2v) is 10.4. The Morgan fingerprint density at radius 2 is 1.83 bits per heavy atom. The van der Waals surface area contributed by atoms with Crippen LogP contribution in [-0.4, -0.2) is 30.3 Å². The van der Waals surface area contributed by atoms with E-state index in [-0.39, 0.29) is 5.56 Å². The summed E-state index contributed by atoms with van der Waals surface area (Å²) in [6.45, 7) is 7.16. The van der Waals surface area contributed by atoms with Crippen LogP contribution >= 0.6 is 11.3 Å². The van der Waals surface area contributed by atoms with E-state index in [1.54, 1.807) is 18.4 Å². The lowest BCUT2D eigenvalue weighted by Crippen LogP contribution is -2.13. The molecule has 7 heteroatoms. The highest BCUT2D eigenvalue weighted by molar-refractivity contribution is 7.18. The molecule has 1 aliphatic rings. The van der Waals surface area contributed by atoms with Crippen LogP contribution in [-0.2, 0) is 12.8 Å². The first-order chi connectivity index (χ1) is 16.9. The van der Waals surface area contributed by atoms with Gasteiger partial charge in [-0.2, -0.15) is 0 Å². The van der Waals surface area contributed by atoms with E-state index in [1.807, 2.05) is 30.3 Å². The molecule has 1 unspecified atom stereocenters. The summed E-state index contributed by atoms with van der Waals surface area (Å²) in [5.74, 6) is 3.22. The van der Waals surface area contributed by atoms with Crippen LogP contribution in [0.1, 0.15) is 34.9 Å². The van der Waals surface area contributed by atoms with E-state index in [0.717, 1.165) is 40.8 Å². The van der Waals surface area contributed by atoms with Crippen molar-refractivity contribution in [1.82, 2.24) is 9.97 Å². The number of aromatic nitrogens is 2. The summed E-state index contributed by atoms with van der Waals surface area (Å²) in [5, 5.41) is 0.761. The molecule has 1 atom stereocenters. The third-order valence-corrected chi connectivity index (χ3v) is 7.56. The van der Waals surface area contributed by atoms with Gasteiger partial charge in [-0.05, 0) is 86.1 Å². The Kier molecular flexibility index (Phi) is 6.52. The van der Waals surface area contributed by atoms with Crippen molar-refractivity contribution in [3.05, 3.63) is 68.3 Å². The average Bonchev–Trinajstić information content (AvgIpc) is 3.19. The minimum atomic E-state index is -0.0696. The van der Waals surface area contributed by atoms with Gasteiger partial charge in [0.2, 0.25) is 0 Å². The first kappa shape index (κ1) is 23.4. The number of ether oxygens (including phenoxy) is 3. The number of benzene rings is 2. The maximum absolute atomic E-state index is 13.0. The molecule has 4 aromatic rings. The number of rotatable bonds is 7. The van der Waals surface area contributed by atoms with Crippen molar-refractivity contribution in [2.45, 2.75) is 40.0 Å². The summed E-state index contributed by atoms with van der Waals surface area (Å²) in [5.41, 5.74) is 4.23. The third kappa shape index (κ3) is 4.91. The second-order valence-electron chi connectivity index (χ2n) is 9.33. The summed E-state index contributed by atoms with van der Waals surface area (Å²) in [6.07, 6.45) is 3.10. The lowest BCUT2D eigenvalue weighted by molar-refractivity contribution is 0.211. The molecule has 0 aliphatic heterocycles. The molecule has 0 fully saturated rings. The number of H-pyrrole nitrogens is 1. The molecule has 0 amide bonds. The number of thiophene rings is 1. The number of methoxy groups -OCH3 is 1. The number of nitrogens with zero attached hydrogens (tertiary/aromatic N) is 1. The molecule has 2 heterocycles. The predicted molar refractivity (Wildman–Crippen MR) is 140 cm³/mol. The van der Waals surface area contributed by atoms with E-state index in [1.165, 1.54) is 21.6 Å². The van der Waals surface area contributed by atoms with Crippen LogP contribution in [0.4, 0.5) is 0 Å². The van der Waals surface area contributed by atoms with Crippen molar-refractivity contribution >= 4 is 21.6 Å². The molecular formula is C28H30N2O4S. The van der Waals surface area contributed by atoms with Gasteiger partial charge in [0.25, 0.3) is 5.56 Å². The Morgan fingerprint density at radius 3 is 2.60 bits per heavy atom. The molecule has 0 radical (unpaired) electrons. The molecule has 0 bridgehead atoms. The molecular weight excluding hydrogens is 460 g/mol. The van der Waals surface area contributed by atoms with Crippen molar-refractivity contribution in [2.75, 3.05) is 20.3 Å². The Bertz CT molecular complexity index is 1420. The highest BCUT2D eigenvalue weighted by Gasteiger charge is 2.23. The summed E-state index contributed by atoms with van der Waals surface area (Å²) in [6, 6.07) is 11.7. The van der Waals surface area contributed by atoms with Crippen molar-refractivity contribution in [1.29, 1.82) is 0 Å². The normalized spacial score (nSPS) is 15.1. The smallest absolute Gasteiger partial charge is 0.260 e. The van der Waals surface area contributed by atoms with Gasteiger partial charge in [0, 0.05) is 10.4 Å². The van der Waals surface area contributed by atoms with Crippen LogP contribution in [0.15, 0.2) is 41.2 Å². The molecule has 2 aromatic heterocycles. The maximum atomic E-state index is 13.0. The molecule has 1 N–H and O–H groups in total. The van der Waals surface area contributed by atoms with Crippen LogP contribution < -0.4 is 19.8 Å². The van der Waals surface area contributed by atoms with Crippen molar-refractivity contribution in [3.8, 4) is 28.6 Å². The Morgan fingerprint density at radius 1 is 1.06 bits per heavy atom. The second kappa shape index (κ2) is 9.74.